The molecule has 0 fully saturated rings. The Morgan fingerprint density at radius 2 is 2.11 bits per heavy atom. The summed E-state index contributed by atoms with van der Waals surface area (Å²) < 4.78 is 15.6. The third kappa shape index (κ3) is 6.05. The fraction of sp³-hybridized carbons (Fsp3) is 0.429. The van der Waals surface area contributed by atoms with E-state index < -0.39 is 11.4 Å². The third-order valence-corrected chi connectivity index (χ3v) is 4.33. The van der Waals surface area contributed by atoms with E-state index in [4.69, 9.17) is 0 Å². The van der Waals surface area contributed by atoms with Crippen molar-refractivity contribution < 1.29 is 4.55 Å². The molecular weight excluding hydrogens is 310 g/mol. The molecule has 0 aliphatic rings. The summed E-state index contributed by atoms with van der Waals surface area (Å²) in [6.07, 6.45) is 5.04. The van der Waals surface area contributed by atoms with Crippen LogP contribution in [0.15, 0.2) is 34.8 Å². The lowest BCUT2D eigenvalue weighted by atomic mass is 10.2. The molecule has 2 nitrogen and oxygen atoms in total. The van der Waals surface area contributed by atoms with E-state index in [1.54, 1.807) is 0 Å². The predicted molar refractivity (Wildman–Crippen MR) is 83.7 cm³/mol. The zero-order valence-electron chi connectivity index (χ0n) is 11.1. The van der Waals surface area contributed by atoms with Gasteiger partial charge in [-0.25, -0.2) is 0 Å². The van der Waals surface area contributed by atoms with Gasteiger partial charge in [0.05, 0.1) is 0 Å². The molecule has 0 amide bonds. The molecule has 0 saturated carbocycles. The molecule has 4 heteroatoms. The Hall–Kier alpha value is -0.290. The summed E-state index contributed by atoms with van der Waals surface area (Å²) in [5.74, 6) is 0. The largest absolute Gasteiger partial charge is 0.598 e. The highest BCUT2D eigenvalue weighted by atomic mass is 79.9. The second-order valence-electron chi connectivity index (χ2n) is 5.02. The van der Waals surface area contributed by atoms with Gasteiger partial charge in [0.2, 0.25) is 0 Å². The van der Waals surface area contributed by atoms with Crippen molar-refractivity contribution in [2.24, 2.45) is 0 Å². The van der Waals surface area contributed by atoms with Gasteiger partial charge in [-0.05, 0) is 44.9 Å². The summed E-state index contributed by atoms with van der Waals surface area (Å²) in [7, 11) is 0. The fourth-order valence-corrected chi connectivity index (χ4v) is 2.43. The minimum atomic E-state index is -0.980. The summed E-state index contributed by atoms with van der Waals surface area (Å²) in [6, 6.07) is 8.14. The molecule has 0 saturated heterocycles. The molecule has 0 spiro atoms. The summed E-state index contributed by atoms with van der Waals surface area (Å²) in [4.78, 5) is 0. The van der Waals surface area contributed by atoms with E-state index in [2.05, 4.69) is 44.9 Å². The van der Waals surface area contributed by atoms with Crippen LogP contribution in [0.3, 0.4) is 0 Å². The van der Waals surface area contributed by atoms with Crippen LogP contribution < -0.4 is 4.72 Å². The maximum atomic E-state index is 11.7. The first kappa shape index (κ1) is 15.8. The number of halogens is 1. The standard InChI is InChI=1S/C14H20BrNOS/c1-14(2,3)18(17)16-10-5-4-7-12-8-6-9-13(15)11-12/h4,6-9,11,16H,5,10H2,1-3H3. The van der Waals surface area contributed by atoms with Crippen molar-refractivity contribution in [2.75, 3.05) is 6.54 Å². The number of hydrogen-bond donors (Lipinski definition) is 1. The quantitative estimate of drug-likeness (QED) is 0.656. The van der Waals surface area contributed by atoms with Crippen LogP contribution in [-0.2, 0) is 11.4 Å². The van der Waals surface area contributed by atoms with E-state index >= 15 is 0 Å². The minimum Gasteiger partial charge on any atom is -0.598 e. The van der Waals surface area contributed by atoms with Crippen LogP contribution in [0.2, 0.25) is 0 Å². The van der Waals surface area contributed by atoms with Gasteiger partial charge >= 0.3 is 0 Å². The molecule has 1 aromatic carbocycles. The van der Waals surface area contributed by atoms with Gasteiger partial charge in [-0.2, -0.15) is 0 Å². The summed E-state index contributed by atoms with van der Waals surface area (Å²) in [5, 5.41) is 0. The predicted octanol–water partition coefficient (Wildman–Crippen LogP) is 3.90. The highest BCUT2D eigenvalue weighted by Gasteiger charge is 2.25. The van der Waals surface area contributed by atoms with Gasteiger partial charge in [-0.3, -0.25) is 0 Å². The van der Waals surface area contributed by atoms with E-state index in [0.717, 1.165) is 17.4 Å². The average Bonchev–Trinajstić information content (AvgIpc) is 2.27. The number of rotatable bonds is 5. The number of nitrogens with one attached hydrogen (secondary N) is 1. The molecule has 1 unspecified atom stereocenters. The Balaban J connectivity index is 2.30. The van der Waals surface area contributed by atoms with Gasteiger partial charge in [-0.15, -0.1) is 4.72 Å². The molecule has 1 atom stereocenters. The molecule has 0 bridgehead atoms. The lowest BCUT2D eigenvalue weighted by molar-refractivity contribution is 0.545. The van der Waals surface area contributed by atoms with Crippen LogP contribution in [0.1, 0.15) is 32.8 Å². The van der Waals surface area contributed by atoms with Gasteiger partial charge in [0.1, 0.15) is 4.75 Å². The molecule has 0 aliphatic heterocycles. The Bertz CT molecular complexity index is 401. The van der Waals surface area contributed by atoms with Gasteiger partial charge < -0.3 is 4.55 Å². The topological polar surface area (TPSA) is 35.1 Å². The molecule has 0 heterocycles. The van der Waals surface area contributed by atoms with Crippen molar-refractivity contribution >= 4 is 33.4 Å². The highest BCUT2D eigenvalue weighted by Crippen LogP contribution is 2.14. The maximum absolute atomic E-state index is 11.7. The van der Waals surface area contributed by atoms with Gasteiger partial charge in [0.25, 0.3) is 0 Å². The molecule has 18 heavy (non-hydrogen) atoms. The van der Waals surface area contributed by atoms with Crippen LogP contribution in [0.25, 0.3) is 6.08 Å². The fourth-order valence-electron chi connectivity index (χ4n) is 1.28. The molecule has 0 aliphatic carbocycles. The Morgan fingerprint density at radius 3 is 2.72 bits per heavy atom. The van der Waals surface area contributed by atoms with Gasteiger partial charge in [-0.1, -0.05) is 40.2 Å². The molecule has 100 valence electrons. The van der Waals surface area contributed by atoms with E-state index in [-0.39, 0.29) is 4.75 Å². The summed E-state index contributed by atoms with van der Waals surface area (Å²) >= 11 is 2.46. The van der Waals surface area contributed by atoms with Crippen LogP contribution in [0.5, 0.6) is 0 Å². The normalized spacial score (nSPS) is 14.1. The van der Waals surface area contributed by atoms with Crippen molar-refractivity contribution in [1.82, 2.24) is 4.72 Å². The first-order valence-electron chi connectivity index (χ1n) is 5.97. The molecule has 1 aromatic rings. The number of hydrogen-bond acceptors (Lipinski definition) is 2. The van der Waals surface area contributed by atoms with Crippen molar-refractivity contribution in [3.8, 4) is 0 Å². The highest BCUT2D eigenvalue weighted by molar-refractivity contribution is 9.10. The molecule has 0 aromatic heterocycles. The lowest BCUT2D eigenvalue weighted by Crippen LogP contribution is -2.39. The molecule has 1 N–H and O–H groups in total. The Kier molecular flexibility index (Phi) is 6.43. The molecule has 0 radical (unpaired) electrons. The van der Waals surface area contributed by atoms with Crippen molar-refractivity contribution in [3.05, 3.63) is 40.4 Å². The molecular formula is C14H20BrNOS. The van der Waals surface area contributed by atoms with Gasteiger partial charge in [0.15, 0.2) is 0 Å². The second-order valence-corrected chi connectivity index (χ2v) is 7.99. The van der Waals surface area contributed by atoms with Gasteiger partial charge in [0, 0.05) is 22.4 Å². The zero-order chi connectivity index (χ0) is 13.6. The smallest absolute Gasteiger partial charge is 0.136 e. The van der Waals surface area contributed by atoms with Crippen LogP contribution in [0.4, 0.5) is 0 Å². The zero-order valence-corrected chi connectivity index (χ0v) is 13.5. The first-order chi connectivity index (χ1) is 8.39. The monoisotopic (exact) mass is 329 g/mol. The second kappa shape index (κ2) is 7.34. The van der Waals surface area contributed by atoms with Crippen LogP contribution in [0, 0.1) is 0 Å². The van der Waals surface area contributed by atoms with Crippen LogP contribution in [-0.4, -0.2) is 15.8 Å². The van der Waals surface area contributed by atoms with E-state index in [1.165, 1.54) is 5.56 Å². The minimum absolute atomic E-state index is 0.200. The third-order valence-electron chi connectivity index (χ3n) is 2.26. The van der Waals surface area contributed by atoms with E-state index in [0.29, 0.717) is 0 Å². The Labute approximate surface area is 121 Å². The van der Waals surface area contributed by atoms with Crippen LogP contribution >= 0.6 is 15.9 Å². The van der Waals surface area contributed by atoms with E-state index in [1.807, 2.05) is 32.9 Å². The molecule has 1 rings (SSSR count). The van der Waals surface area contributed by atoms with Crippen molar-refractivity contribution in [2.45, 2.75) is 31.9 Å². The SMILES string of the molecule is CC(C)(C)[S+]([O-])NCCC=Cc1cccc(Br)c1. The summed E-state index contributed by atoms with van der Waals surface area (Å²) in [5.41, 5.74) is 1.17. The number of benzene rings is 1. The van der Waals surface area contributed by atoms with Crippen molar-refractivity contribution in [3.63, 3.8) is 0 Å². The first-order valence-corrected chi connectivity index (χ1v) is 7.91. The Morgan fingerprint density at radius 1 is 1.39 bits per heavy atom. The maximum Gasteiger partial charge on any atom is 0.136 e. The average molecular weight is 330 g/mol. The van der Waals surface area contributed by atoms with Crippen molar-refractivity contribution in [1.29, 1.82) is 0 Å². The lowest BCUT2D eigenvalue weighted by Gasteiger charge is -2.23. The van der Waals surface area contributed by atoms with E-state index in [9.17, 15) is 4.55 Å². The summed E-state index contributed by atoms with van der Waals surface area (Å²) in [6.45, 7) is 6.63.